The molecule has 0 aliphatic rings. The zero-order valence-electron chi connectivity index (χ0n) is 10.1. The van der Waals surface area contributed by atoms with Gasteiger partial charge in [0.15, 0.2) is 5.69 Å². The Labute approximate surface area is 132 Å². The normalized spacial score (nSPS) is 10.9. The third-order valence-electron chi connectivity index (χ3n) is 2.72. The average molecular weight is 371 g/mol. The van der Waals surface area contributed by atoms with Crippen molar-refractivity contribution in [3.63, 3.8) is 0 Å². The number of nitrogens with zero attached hydrogens (tertiary/aromatic N) is 2. The number of amides is 1. The molecule has 3 heterocycles. The number of hydrogen-bond donors (Lipinski definition) is 1. The van der Waals surface area contributed by atoms with Crippen LogP contribution in [0.5, 0.6) is 0 Å². The Bertz CT molecular complexity index is 769. The molecule has 0 bridgehead atoms. The molecule has 3 aromatic heterocycles. The summed E-state index contributed by atoms with van der Waals surface area (Å²) in [4.78, 5) is 13.2. The quantitative estimate of drug-likeness (QED) is 0.714. The van der Waals surface area contributed by atoms with Crippen LogP contribution < -0.4 is 5.32 Å². The zero-order valence-corrected chi connectivity index (χ0v) is 13.3. The van der Waals surface area contributed by atoms with Crippen molar-refractivity contribution in [3.8, 4) is 0 Å². The molecule has 0 aliphatic heterocycles. The van der Waals surface area contributed by atoms with Crippen LogP contribution in [0.4, 0.5) is 0 Å². The Morgan fingerprint density at radius 3 is 3.05 bits per heavy atom. The SMILES string of the molecule is O=C(NCc1cccs1)c1cc2cc(Br)cc(Cl)n2n1. The molecule has 0 unspecified atom stereocenters. The molecule has 1 N–H and O–H groups in total. The molecular formula is C13H9BrClN3OS. The first-order valence-corrected chi connectivity index (χ1v) is 7.84. The number of fused-ring (bicyclic) bond motifs is 1. The van der Waals surface area contributed by atoms with Crippen molar-refractivity contribution in [1.29, 1.82) is 0 Å². The molecular weight excluding hydrogens is 362 g/mol. The molecule has 3 aromatic rings. The highest BCUT2D eigenvalue weighted by Gasteiger charge is 2.12. The average Bonchev–Trinajstić information content (AvgIpc) is 3.04. The van der Waals surface area contributed by atoms with Gasteiger partial charge in [-0.05, 0) is 29.6 Å². The minimum atomic E-state index is -0.214. The number of thiophene rings is 1. The number of rotatable bonds is 3. The van der Waals surface area contributed by atoms with Gasteiger partial charge in [0, 0.05) is 9.35 Å². The summed E-state index contributed by atoms with van der Waals surface area (Å²) >= 11 is 11.0. The molecule has 102 valence electrons. The minimum Gasteiger partial charge on any atom is -0.346 e. The highest BCUT2D eigenvalue weighted by molar-refractivity contribution is 9.10. The van der Waals surface area contributed by atoms with Gasteiger partial charge in [0.25, 0.3) is 5.91 Å². The van der Waals surface area contributed by atoms with Crippen LogP contribution in [0, 0.1) is 0 Å². The zero-order chi connectivity index (χ0) is 14.1. The van der Waals surface area contributed by atoms with Gasteiger partial charge in [-0.1, -0.05) is 33.6 Å². The van der Waals surface area contributed by atoms with Gasteiger partial charge in [-0.15, -0.1) is 11.3 Å². The van der Waals surface area contributed by atoms with Gasteiger partial charge in [-0.3, -0.25) is 4.79 Å². The van der Waals surface area contributed by atoms with Crippen LogP contribution in [0.3, 0.4) is 0 Å². The number of pyridine rings is 1. The molecule has 1 amide bonds. The van der Waals surface area contributed by atoms with E-state index >= 15 is 0 Å². The lowest BCUT2D eigenvalue weighted by Gasteiger charge is -2.00. The van der Waals surface area contributed by atoms with Gasteiger partial charge in [-0.2, -0.15) is 5.10 Å². The Balaban J connectivity index is 1.83. The first kappa shape index (κ1) is 13.6. The van der Waals surface area contributed by atoms with Crippen LogP contribution in [0.25, 0.3) is 5.52 Å². The van der Waals surface area contributed by atoms with Gasteiger partial charge in [0.2, 0.25) is 0 Å². The predicted molar refractivity (Wildman–Crippen MR) is 83.4 cm³/mol. The maximum absolute atomic E-state index is 12.1. The van der Waals surface area contributed by atoms with Crippen molar-refractivity contribution in [3.05, 3.63) is 55.9 Å². The molecule has 0 saturated carbocycles. The molecule has 0 aromatic carbocycles. The Hall–Kier alpha value is -1.37. The Morgan fingerprint density at radius 1 is 1.45 bits per heavy atom. The van der Waals surface area contributed by atoms with E-state index in [1.807, 2.05) is 23.6 Å². The fraction of sp³-hybridized carbons (Fsp3) is 0.0769. The summed E-state index contributed by atoms with van der Waals surface area (Å²) in [5.74, 6) is -0.214. The van der Waals surface area contributed by atoms with Crippen molar-refractivity contribution < 1.29 is 4.79 Å². The molecule has 0 radical (unpaired) electrons. The van der Waals surface area contributed by atoms with E-state index in [-0.39, 0.29) is 5.91 Å². The highest BCUT2D eigenvalue weighted by Crippen LogP contribution is 2.21. The minimum absolute atomic E-state index is 0.214. The molecule has 0 saturated heterocycles. The summed E-state index contributed by atoms with van der Waals surface area (Å²) in [6, 6.07) is 9.22. The van der Waals surface area contributed by atoms with E-state index in [2.05, 4.69) is 26.3 Å². The smallest absolute Gasteiger partial charge is 0.272 e. The molecule has 0 spiro atoms. The monoisotopic (exact) mass is 369 g/mol. The fourth-order valence-electron chi connectivity index (χ4n) is 1.81. The second kappa shape index (κ2) is 5.55. The summed E-state index contributed by atoms with van der Waals surface area (Å²) in [6.07, 6.45) is 0. The van der Waals surface area contributed by atoms with Crippen molar-refractivity contribution in [2.45, 2.75) is 6.54 Å². The van der Waals surface area contributed by atoms with E-state index in [4.69, 9.17) is 11.6 Å². The Morgan fingerprint density at radius 2 is 2.30 bits per heavy atom. The van der Waals surface area contributed by atoms with Crippen molar-refractivity contribution in [2.24, 2.45) is 0 Å². The third kappa shape index (κ3) is 2.72. The molecule has 4 nitrogen and oxygen atoms in total. The van der Waals surface area contributed by atoms with Crippen LogP contribution in [0.15, 0.2) is 40.2 Å². The number of aromatic nitrogens is 2. The van der Waals surface area contributed by atoms with Crippen LogP contribution in [-0.4, -0.2) is 15.5 Å². The maximum atomic E-state index is 12.1. The topological polar surface area (TPSA) is 46.4 Å². The van der Waals surface area contributed by atoms with Gasteiger partial charge in [0.1, 0.15) is 5.15 Å². The van der Waals surface area contributed by atoms with E-state index in [9.17, 15) is 4.79 Å². The van der Waals surface area contributed by atoms with Gasteiger partial charge < -0.3 is 5.32 Å². The summed E-state index contributed by atoms with van der Waals surface area (Å²) < 4.78 is 2.38. The predicted octanol–water partition coefficient (Wildman–Crippen LogP) is 3.74. The first-order valence-electron chi connectivity index (χ1n) is 5.79. The largest absolute Gasteiger partial charge is 0.346 e. The lowest BCUT2D eigenvalue weighted by atomic mass is 10.3. The van der Waals surface area contributed by atoms with Crippen LogP contribution in [-0.2, 0) is 6.54 Å². The van der Waals surface area contributed by atoms with Gasteiger partial charge in [-0.25, -0.2) is 4.52 Å². The molecule has 0 atom stereocenters. The number of carbonyl (C=O) groups is 1. The standard InChI is InChI=1S/C13H9BrClN3OS/c14-8-4-9-6-11(17-18(9)12(15)5-8)13(19)16-7-10-2-1-3-20-10/h1-6H,7H2,(H,16,19). The molecule has 3 rings (SSSR count). The van der Waals surface area contributed by atoms with Crippen molar-refractivity contribution in [1.82, 2.24) is 14.9 Å². The van der Waals surface area contributed by atoms with E-state index < -0.39 is 0 Å². The summed E-state index contributed by atoms with van der Waals surface area (Å²) in [5, 5.41) is 9.47. The lowest BCUT2D eigenvalue weighted by molar-refractivity contribution is 0.0946. The van der Waals surface area contributed by atoms with E-state index in [0.717, 1.165) is 14.9 Å². The van der Waals surface area contributed by atoms with Crippen LogP contribution in [0.2, 0.25) is 5.15 Å². The first-order chi connectivity index (χ1) is 9.63. The molecule has 0 aliphatic carbocycles. The van der Waals surface area contributed by atoms with Crippen molar-refractivity contribution >= 4 is 50.3 Å². The van der Waals surface area contributed by atoms with E-state index in [1.54, 1.807) is 23.5 Å². The van der Waals surface area contributed by atoms with Crippen LogP contribution >= 0.6 is 38.9 Å². The third-order valence-corrected chi connectivity index (χ3v) is 4.32. The van der Waals surface area contributed by atoms with Crippen LogP contribution in [0.1, 0.15) is 15.4 Å². The van der Waals surface area contributed by atoms with E-state index in [1.165, 1.54) is 4.52 Å². The molecule has 20 heavy (non-hydrogen) atoms. The van der Waals surface area contributed by atoms with Gasteiger partial charge in [0.05, 0.1) is 12.1 Å². The second-order valence-corrected chi connectivity index (χ2v) is 6.46. The molecule has 7 heteroatoms. The highest BCUT2D eigenvalue weighted by atomic mass is 79.9. The Kier molecular flexibility index (Phi) is 3.78. The van der Waals surface area contributed by atoms with Gasteiger partial charge >= 0.3 is 0 Å². The summed E-state index contributed by atoms with van der Waals surface area (Å²) in [6.45, 7) is 0.502. The fourth-order valence-corrected chi connectivity index (χ4v) is 3.29. The lowest BCUT2D eigenvalue weighted by Crippen LogP contribution is -2.22. The maximum Gasteiger partial charge on any atom is 0.272 e. The summed E-state index contributed by atoms with van der Waals surface area (Å²) in [7, 11) is 0. The number of halogens is 2. The number of carbonyl (C=O) groups excluding carboxylic acids is 1. The molecule has 0 fully saturated rings. The van der Waals surface area contributed by atoms with Crippen molar-refractivity contribution in [2.75, 3.05) is 0 Å². The number of nitrogens with one attached hydrogen (secondary N) is 1. The summed E-state index contributed by atoms with van der Waals surface area (Å²) in [5.41, 5.74) is 1.12. The number of hydrogen-bond acceptors (Lipinski definition) is 3. The van der Waals surface area contributed by atoms with E-state index in [0.29, 0.717) is 17.4 Å². The second-order valence-electron chi connectivity index (χ2n) is 4.12.